The molecule has 1 aromatic rings. The molecule has 0 aromatic heterocycles. The highest BCUT2D eigenvalue weighted by molar-refractivity contribution is 7.88. The minimum atomic E-state index is -3.31. The van der Waals surface area contributed by atoms with Crippen molar-refractivity contribution in [2.45, 2.75) is 24.6 Å². The molecule has 1 aliphatic carbocycles. The van der Waals surface area contributed by atoms with Crippen molar-refractivity contribution in [1.82, 2.24) is 9.62 Å². The zero-order chi connectivity index (χ0) is 14.6. The Bertz CT molecular complexity index is 586. The van der Waals surface area contributed by atoms with Crippen LogP contribution in [0.15, 0.2) is 24.3 Å². The van der Waals surface area contributed by atoms with Crippen molar-refractivity contribution in [2.75, 3.05) is 20.1 Å². The Morgan fingerprint density at radius 2 is 2.00 bits per heavy atom. The lowest BCUT2D eigenvalue weighted by molar-refractivity contribution is 0.329. The van der Waals surface area contributed by atoms with Crippen LogP contribution in [-0.2, 0) is 15.8 Å². The fourth-order valence-electron chi connectivity index (χ4n) is 2.02. The first-order valence-corrected chi connectivity index (χ1v) is 8.32. The molecule has 0 unspecified atom stereocenters. The van der Waals surface area contributed by atoms with Crippen molar-refractivity contribution in [1.29, 1.82) is 5.26 Å². The Labute approximate surface area is 120 Å². The van der Waals surface area contributed by atoms with Crippen molar-refractivity contribution in [3.8, 4) is 6.07 Å². The van der Waals surface area contributed by atoms with Gasteiger partial charge in [0, 0.05) is 19.1 Å². The highest BCUT2D eigenvalue weighted by Gasteiger charge is 2.25. The normalized spacial score (nSPS) is 15.2. The summed E-state index contributed by atoms with van der Waals surface area (Å²) in [5.74, 6) is -0.0498. The quantitative estimate of drug-likeness (QED) is 0.816. The van der Waals surface area contributed by atoms with E-state index in [4.69, 9.17) is 5.26 Å². The SMILES string of the molecule is CN(CCNS(=O)(=O)Cc1ccc(C#N)cc1)C1CC1. The van der Waals surface area contributed by atoms with Gasteiger partial charge in [0.1, 0.15) is 0 Å². The summed E-state index contributed by atoms with van der Waals surface area (Å²) in [7, 11) is -1.29. The van der Waals surface area contributed by atoms with Gasteiger partial charge in [-0.15, -0.1) is 0 Å². The third-order valence-corrected chi connectivity index (χ3v) is 4.75. The summed E-state index contributed by atoms with van der Waals surface area (Å²) in [6.07, 6.45) is 2.43. The molecule has 108 valence electrons. The van der Waals surface area contributed by atoms with E-state index < -0.39 is 10.0 Å². The maximum atomic E-state index is 11.9. The molecule has 5 nitrogen and oxygen atoms in total. The van der Waals surface area contributed by atoms with Gasteiger partial charge in [-0.2, -0.15) is 5.26 Å². The van der Waals surface area contributed by atoms with Crippen molar-refractivity contribution in [3.63, 3.8) is 0 Å². The molecule has 1 saturated carbocycles. The van der Waals surface area contributed by atoms with E-state index in [9.17, 15) is 8.42 Å². The highest BCUT2D eigenvalue weighted by Crippen LogP contribution is 2.24. The molecule has 0 aliphatic heterocycles. The molecule has 0 radical (unpaired) electrons. The predicted molar refractivity (Wildman–Crippen MR) is 77.4 cm³/mol. The monoisotopic (exact) mass is 293 g/mol. The van der Waals surface area contributed by atoms with Crippen LogP contribution in [0.4, 0.5) is 0 Å². The fourth-order valence-corrected chi connectivity index (χ4v) is 3.16. The first-order chi connectivity index (χ1) is 9.50. The Kier molecular flexibility index (Phi) is 4.76. The van der Waals surface area contributed by atoms with Gasteiger partial charge in [0.2, 0.25) is 10.0 Å². The van der Waals surface area contributed by atoms with E-state index >= 15 is 0 Å². The number of nitrogens with one attached hydrogen (secondary N) is 1. The first-order valence-electron chi connectivity index (χ1n) is 6.67. The number of nitrogens with zero attached hydrogens (tertiary/aromatic N) is 2. The summed E-state index contributed by atoms with van der Waals surface area (Å²) in [6, 6.07) is 9.26. The second-order valence-electron chi connectivity index (χ2n) is 5.17. The van der Waals surface area contributed by atoms with E-state index in [2.05, 4.69) is 9.62 Å². The molecule has 6 heteroatoms. The second-order valence-corrected chi connectivity index (χ2v) is 6.98. The van der Waals surface area contributed by atoms with Crippen LogP contribution in [0.3, 0.4) is 0 Å². The summed E-state index contributed by atoms with van der Waals surface area (Å²) < 4.78 is 26.5. The molecule has 0 saturated heterocycles. The van der Waals surface area contributed by atoms with Gasteiger partial charge in [-0.3, -0.25) is 0 Å². The standard InChI is InChI=1S/C14H19N3O2S/c1-17(14-6-7-14)9-8-16-20(18,19)11-13-4-2-12(10-15)3-5-13/h2-5,14,16H,6-9,11H2,1H3. The van der Waals surface area contributed by atoms with E-state index in [0.29, 0.717) is 23.7 Å². The minimum absolute atomic E-state index is 0.0498. The van der Waals surface area contributed by atoms with E-state index in [1.54, 1.807) is 24.3 Å². The Hall–Kier alpha value is -1.42. The molecular formula is C14H19N3O2S. The van der Waals surface area contributed by atoms with Crippen LogP contribution in [0.2, 0.25) is 0 Å². The summed E-state index contributed by atoms with van der Waals surface area (Å²) in [5, 5.41) is 8.69. The maximum absolute atomic E-state index is 11.9. The molecule has 0 amide bonds. The number of benzene rings is 1. The van der Waals surface area contributed by atoms with Gasteiger partial charge in [-0.25, -0.2) is 13.1 Å². The number of sulfonamides is 1. The smallest absolute Gasteiger partial charge is 0.215 e. The topological polar surface area (TPSA) is 73.2 Å². The average Bonchev–Trinajstić information content (AvgIpc) is 3.23. The van der Waals surface area contributed by atoms with E-state index in [1.807, 2.05) is 13.1 Å². The molecule has 1 aliphatic rings. The number of hydrogen-bond acceptors (Lipinski definition) is 4. The predicted octanol–water partition coefficient (Wildman–Crippen LogP) is 1.07. The molecular weight excluding hydrogens is 274 g/mol. The van der Waals surface area contributed by atoms with Gasteiger partial charge in [0.05, 0.1) is 17.4 Å². The average molecular weight is 293 g/mol. The summed E-state index contributed by atoms with van der Waals surface area (Å²) in [5.41, 5.74) is 1.22. The van der Waals surface area contributed by atoms with Crippen molar-refractivity contribution < 1.29 is 8.42 Å². The fraction of sp³-hybridized carbons (Fsp3) is 0.500. The molecule has 1 aromatic carbocycles. The molecule has 0 spiro atoms. The molecule has 0 heterocycles. The lowest BCUT2D eigenvalue weighted by atomic mass is 10.2. The van der Waals surface area contributed by atoms with Crippen LogP contribution >= 0.6 is 0 Å². The zero-order valence-electron chi connectivity index (χ0n) is 11.5. The van der Waals surface area contributed by atoms with Crippen molar-refractivity contribution >= 4 is 10.0 Å². The van der Waals surface area contributed by atoms with Crippen LogP contribution < -0.4 is 4.72 Å². The van der Waals surface area contributed by atoms with Gasteiger partial charge < -0.3 is 4.90 Å². The number of hydrogen-bond donors (Lipinski definition) is 1. The minimum Gasteiger partial charge on any atom is -0.302 e. The Balaban J connectivity index is 1.81. The molecule has 1 fully saturated rings. The largest absolute Gasteiger partial charge is 0.302 e. The molecule has 20 heavy (non-hydrogen) atoms. The van der Waals surface area contributed by atoms with Crippen LogP contribution in [0.25, 0.3) is 0 Å². The lowest BCUT2D eigenvalue weighted by Gasteiger charge is -2.15. The van der Waals surface area contributed by atoms with E-state index in [0.717, 1.165) is 6.54 Å². The lowest BCUT2D eigenvalue weighted by Crippen LogP contribution is -2.34. The molecule has 0 atom stereocenters. The first kappa shape index (κ1) is 15.0. The molecule has 1 N–H and O–H groups in total. The number of rotatable bonds is 7. The van der Waals surface area contributed by atoms with Gasteiger partial charge in [-0.1, -0.05) is 12.1 Å². The maximum Gasteiger partial charge on any atom is 0.215 e. The van der Waals surface area contributed by atoms with Gasteiger partial charge in [-0.05, 0) is 37.6 Å². The van der Waals surface area contributed by atoms with Crippen molar-refractivity contribution in [2.24, 2.45) is 0 Å². The number of likely N-dealkylation sites (N-methyl/N-ethyl adjacent to an activating group) is 1. The summed E-state index contributed by atoms with van der Waals surface area (Å²) in [6.45, 7) is 1.17. The Morgan fingerprint density at radius 1 is 1.35 bits per heavy atom. The van der Waals surface area contributed by atoms with Gasteiger partial charge >= 0.3 is 0 Å². The van der Waals surface area contributed by atoms with Gasteiger partial charge in [0.15, 0.2) is 0 Å². The van der Waals surface area contributed by atoms with Crippen LogP contribution in [0, 0.1) is 11.3 Å². The van der Waals surface area contributed by atoms with Crippen LogP contribution in [0.1, 0.15) is 24.0 Å². The molecule has 2 rings (SSSR count). The Morgan fingerprint density at radius 3 is 2.55 bits per heavy atom. The summed E-state index contributed by atoms with van der Waals surface area (Å²) >= 11 is 0. The van der Waals surface area contributed by atoms with E-state index in [1.165, 1.54) is 12.8 Å². The van der Waals surface area contributed by atoms with Crippen LogP contribution in [0.5, 0.6) is 0 Å². The molecule has 0 bridgehead atoms. The van der Waals surface area contributed by atoms with Crippen molar-refractivity contribution in [3.05, 3.63) is 35.4 Å². The van der Waals surface area contributed by atoms with Crippen LogP contribution in [-0.4, -0.2) is 39.5 Å². The second kappa shape index (κ2) is 6.35. The highest BCUT2D eigenvalue weighted by atomic mass is 32.2. The third-order valence-electron chi connectivity index (χ3n) is 3.40. The number of nitriles is 1. The van der Waals surface area contributed by atoms with Gasteiger partial charge in [0.25, 0.3) is 0 Å². The summed E-state index contributed by atoms with van der Waals surface area (Å²) in [4.78, 5) is 2.18. The zero-order valence-corrected chi connectivity index (χ0v) is 12.4. The van der Waals surface area contributed by atoms with E-state index in [-0.39, 0.29) is 5.75 Å². The third kappa shape index (κ3) is 4.60.